The average Bonchev–Trinajstić information content (AvgIpc) is 2.84. The van der Waals surface area contributed by atoms with E-state index in [9.17, 15) is 8.42 Å². The zero-order valence-electron chi connectivity index (χ0n) is 11.3. The maximum Gasteiger partial charge on any atom is 0.241 e. The van der Waals surface area contributed by atoms with Gasteiger partial charge in [0.2, 0.25) is 10.0 Å². The molecule has 0 radical (unpaired) electrons. The molecule has 1 heterocycles. The van der Waals surface area contributed by atoms with Crippen molar-refractivity contribution in [2.45, 2.75) is 17.9 Å². The molecule has 114 valence electrons. The van der Waals surface area contributed by atoms with Crippen molar-refractivity contribution >= 4 is 26.0 Å². The van der Waals surface area contributed by atoms with Gasteiger partial charge in [0.15, 0.2) is 0 Å². The van der Waals surface area contributed by atoms with Gasteiger partial charge < -0.3 is 9.67 Å². The molecule has 2 N–H and O–H groups in total. The van der Waals surface area contributed by atoms with Gasteiger partial charge in [0, 0.05) is 24.5 Å². The molecule has 7 nitrogen and oxygen atoms in total. The molecule has 21 heavy (non-hydrogen) atoms. The first-order chi connectivity index (χ1) is 9.94. The summed E-state index contributed by atoms with van der Waals surface area (Å²) in [4.78, 5) is 0.104. The van der Waals surface area contributed by atoms with Gasteiger partial charge in [0.1, 0.15) is 12.2 Å². The van der Waals surface area contributed by atoms with Crippen LogP contribution in [-0.2, 0) is 30.1 Å². The monoisotopic (exact) mass is 374 g/mol. The second kappa shape index (κ2) is 6.65. The van der Waals surface area contributed by atoms with Crippen molar-refractivity contribution in [3.05, 3.63) is 40.4 Å². The van der Waals surface area contributed by atoms with E-state index in [4.69, 9.17) is 5.11 Å². The molecule has 0 aliphatic carbocycles. The van der Waals surface area contributed by atoms with E-state index in [1.165, 1.54) is 6.07 Å². The Morgan fingerprint density at radius 3 is 2.81 bits per heavy atom. The Hall–Kier alpha value is -1.29. The van der Waals surface area contributed by atoms with E-state index < -0.39 is 10.0 Å². The van der Waals surface area contributed by atoms with Crippen LogP contribution in [0, 0.1) is 0 Å². The largest absolute Gasteiger partial charge is 0.392 e. The number of sulfonamides is 1. The minimum atomic E-state index is -3.66. The molecule has 2 aromatic rings. The molecule has 0 aliphatic rings. The van der Waals surface area contributed by atoms with Crippen molar-refractivity contribution in [3.63, 3.8) is 0 Å². The summed E-state index contributed by atoms with van der Waals surface area (Å²) < 4.78 is 29.2. The Bertz CT molecular complexity index is 730. The summed E-state index contributed by atoms with van der Waals surface area (Å²) in [7, 11) is -1.86. The van der Waals surface area contributed by atoms with Gasteiger partial charge >= 0.3 is 0 Å². The van der Waals surface area contributed by atoms with E-state index in [-0.39, 0.29) is 18.0 Å². The zero-order chi connectivity index (χ0) is 15.5. The maximum absolute atomic E-state index is 12.3. The number of halogens is 1. The Kier molecular flexibility index (Phi) is 5.09. The summed E-state index contributed by atoms with van der Waals surface area (Å²) in [5.41, 5.74) is 0.534. The van der Waals surface area contributed by atoms with E-state index in [0.717, 1.165) is 0 Å². The first-order valence-electron chi connectivity index (χ1n) is 6.16. The first kappa shape index (κ1) is 16.1. The average molecular weight is 375 g/mol. The lowest BCUT2D eigenvalue weighted by Crippen LogP contribution is -2.27. The van der Waals surface area contributed by atoms with Crippen molar-refractivity contribution in [2.75, 3.05) is 6.54 Å². The van der Waals surface area contributed by atoms with Crippen LogP contribution < -0.4 is 4.72 Å². The fraction of sp³-hybridized carbons (Fsp3) is 0.333. The van der Waals surface area contributed by atoms with Crippen molar-refractivity contribution < 1.29 is 13.5 Å². The summed E-state index contributed by atoms with van der Waals surface area (Å²) in [5, 5.41) is 16.7. The summed E-state index contributed by atoms with van der Waals surface area (Å²) in [6.45, 7) is -0.000596. The minimum absolute atomic E-state index is 0.104. The number of hydrogen-bond acceptors (Lipinski definition) is 5. The van der Waals surface area contributed by atoms with E-state index in [1.54, 1.807) is 30.1 Å². The second-order valence-electron chi connectivity index (χ2n) is 4.43. The molecule has 0 amide bonds. The molecule has 0 fully saturated rings. The summed E-state index contributed by atoms with van der Waals surface area (Å²) in [6.07, 6.45) is 2.00. The molecule has 0 atom stereocenters. The van der Waals surface area contributed by atoms with E-state index in [0.29, 0.717) is 22.3 Å². The third kappa shape index (κ3) is 3.88. The van der Waals surface area contributed by atoms with Crippen molar-refractivity contribution in [2.24, 2.45) is 7.05 Å². The SMILES string of the molecule is Cn1cnnc1CCNS(=O)(=O)c1cc(CO)ccc1Br. The molecule has 9 heteroatoms. The number of aromatic nitrogens is 3. The fourth-order valence-corrected chi connectivity index (χ4v) is 3.80. The summed E-state index contributed by atoms with van der Waals surface area (Å²) >= 11 is 3.21. The molecule has 0 saturated carbocycles. The molecule has 2 rings (SSSR count). The molecule has 0 bridgehead atoms. The molecular formula is C12H15BrN4O3S. The molecule has 0 unspecified atom stereocenters. The smallest absolute Gasteiger partial charge is 0.241 e. The number of hydrogen-bond donors (Lipinski definition) is 2. The van der Waals surface area contributed by atoms with Crippen molar-refractivity contribution in [1.29, 1.82) is 0 Å². The van der Waals surface area contributed by atoms with Crippen LogP contribution >= 0.6 is 15.9 Å². The van der Waals surface area contributed by atoms with Crippen LogP contribution in [0.2, 0.25) is 0 Å². The van der Waals surface area contributed by atoms with Crippen LogP contribution in [0.5, 0.6) is 0 Å². The van der Waals surface area contributed by atoms with Gasteiger partial charge in [0.05, 0.1) is 11.5 Å². The Morgan fingerprint density at radius 1 is 1.43 bits per heavy atom. The van der Waals surface area contributed by atoms with Crippen molar-refractivity contribution in [1.82, 2.24) is 19.5 Å². The lowest BCUT2D eigenvalue weighted by Gasteiger charge is -2.09. The predicted molar refractivity (Wildman–Crippen MR) is 80.0 cm³/mol. The maximum atomic E-state index is 12.3. The van der Waals surface area contributed by atoms with E-state index in [2.05, 4.69) is 30.8 Å². The number of aryl methyl sites for hydroxylation is 1. The van der Waals surface area contributed by atoms with E-state index >= 15 is 0 Å². The van der Waals surface area contributed by atoms with E-state index in [1.807, 2.05) is 0 Å². The number of rotatable bonds is 6. The number of benzene rings is 1. The summed E-state index contributed by atoms with van der Waals surface area (Å²) in [5.74, 6) is 0.695. The lowest BCUT2D eigenvalue weighted by molar-refractivity contribution is 0.281. The quantitative estimate of drug-likeness (QED) is 0.771. The van der Waals surface area contributed by atoms with Gasteiger partial charge in [-0.15, -0.1) is 10.2 Å². The van der Waals surface area contributed by atoms with Gasteiger partial charge in [-0.3, -0.25) is 0 Å². The third-order valence-electron chi connectivity index (χ3n) is 2.91. The van der Waals surface area contributed by atoms with Crippen LogP contribution in [0.1, 0.15) is 11.4 Å². The standard InChI is InChI=1S/C12H15BrN4O3S/c1-17-8-14-16-12(17)4-5-15-21(19,20)11-6-9(7-18)2-3-10(11)13/h2-3,6,8,15,18H,4-5,7H2,1H3. The summed E-state index contributed by atoms with van der Waals surface area (Å²) in [6, 6.07) is 4.69. The van der Waals surface area contributed by atoms with Gasteiger partial charge in [0.25, 0.3) is 0 Å². The highest BCUT2D eigenvalue weighted by Crippen LogP contribution is 2.23. The molecule has 0 spiro atoms. The highest BCUT2D eigenvalue weighted by Gasteiger charge is 2.18. The normalized spacial score (nSPS) is 11.8. The zero-order valence-corrected chi connectivity index (χ0v) is 13.7. The van der Waals surface area contributed by atoms with Crippen molar-refractivity contribution in [3.8, 4) is 0 Å². The molecule has 1 aromatic heterocycles. The third-order valence-corrected chi connectivity index (χ3v) is 5.37. The predicted octanol–water partition coefficient (Wildman–Crippen LogP) is 0.591. The van der Waals surface area contributed by atoms with Gasteiger partial charge in [-0.25, -0.2) is 13.1 Å². The first-order valence-corrected chi connectivity index (χ1v) is 8.43. The fourth-order valence-electron chi connectivity index (χ4n) is 1.76. The van der Waals surface area contributed by atoms with Gasteiger partial charge in [-0.2, -0.15) is 0 Å². The molecule has 1 aromatic carbocycles. The number of nitrogens with one attached hydrogen (secondary N) is 1. The highest BCUT2D eigenvalue weighted by molar-refractivity contribution is 9.10. The highest BCUT2D eigenvalue weighted by atomic mass is 79.9. The lowest BCUT2D eigenvalue weighted by atomic mass is 10.2. The van der Waals surface area contributed by atoms with Gasteiger partial charge in [-0.05, 0) is 33.6 Å². The van der Waals surface area contributed by atoms with Crippen LogP contribution in [0.25, 0.3) is 0 Å². The van der Waals surface area contributed by atoms with Crippen LogP contribution in [-0.4, -0.2) is 34.8 Å². The topological polar surface area (TPSA) is 97.1 Å². The van der Waals surface area contributed by atoms with Crippen LogP contribution in [0.3, 0.4) is 0 Å². The number of nitrogens with zero attached hydrogens (tertiary/aromatic N) is 3. The van der Waals surface area contributed by atoms with Crippen LogP contribution in [0.15, 0.2) is 33.9 Å². The Labute approximate surface area is 131 Å². The second-order valence-corrected chi connectivity index (χ2v) is 7.02. The minimum Gasteiger partial charge on any atom is -0.392 e. The molecule has 0 aliphatic heterocycles. The number of aliphatic hydroxyl groups is 1. The Morgan fingerprint density at radius 2 is 2.19 bits per heavy atom. The van der Waals surface area contributed by atoms with Gasteiger partial charge in [-0.1, -0.05) is 6.07 Å². The molecular weight excluding hydrogens is 360 g/mol. The van der Waals surface area contributed by atoms with Crippen LogP contribution in [0.4, 0.5) is 0 Å². The Balaban J connectivity index is 2.10. The molecule has 0 saturated heterocycles. The number of aliphatic hydroxyl groups excluding tert-OH is 1.